The molecule has 1 heterocycles. The molecule has 1 saturated heterocycles. The summed E-state index contributed by atoms with van der Waals surface area (Å²) in [5, 5.41) is 5.47. The van der Waals surface area contributed by atoms with E-state index in [1.165, 1.54) is 5.56 Å². The summed E-state index contributed by atoms with van der Waals surface area (Å²) in [6.45, 7) is 3.71. The molecule has 154 valence electrons. The Labute approximate surface area is 177 Å². The van der Waals surface area contributed by atoms with Gasteiger partial charge in [-0.15, -0.1) is 11.8 Å². The molecular formula is C23H29N3O2S. The second-order valence-corrected chi connectivity index (χ2v) is 8.30. The number of nitrogens with one attached hydrogen (secondary N) is 2. The van der Waals surface area contributed by atoms with Crippen molar-refractivity contribution in [3.63, 3.8) is 0 Å². The molecule has 1 aliphatic heterocycles. The molecule has 2 aromatic rings. The summed E-state index contributed by atoms with van der Waals surface area (Å²) in [6, 6.07) is 18.0. The van der Waals surface area contributed by atoms with Crippen LogP contribution in [0.4, 0.5) is 5.69 Å². The number of rotatable bonds is 7. The van der Waals surface area contributed by atoms with Crippen LogP contribution in [0.2, 0.25) is 0 Å². The fourth-order valence-electron chi connectivity index (χ4n) is 3.55. The molecule has 0 unspecified atom stereocenters. The Balaban J connectivity index is 1.35. The Morgan fingerprint density at radius 3 is 2.52 bits per heavy atom. The number of hydrogen-bond acceptors (Lipinski definition) is 4. The van der Waals surface area contributed by atoms with E-state index >= 15 is 0 Å². The quantitative estimate of drug-likeness (QED) is 0.541. The van der Waals surface area contributed by atoms with E-state index in [9.17, 15) is 9.59 Å². The van der Waals surface area contributed by atoms with Crippen LogP contribution in [0, 0.1) is 5.92 Å². The maximum Gasteiger partial charge on any atom is 0.313 e. The molecule has 2 aromatic carbocycles. The van der Waals surface area contributed by atoms with E-state index in [0.29, 0.717) is 18.2 Å². The minimum Gasteiger partial charge on any atom is -0.348 e. The van der Waals surface area contributed by atoms with Crippen molar-refractivity contribution in [1.29, 1.82) is 0 Å². The average Bonchev–Trinajstić information content (AvgIpc) is 2.77. The summed E-state index contributed by atoms with van der Waals surface area (Å²) in [7, 11) is 0. The number of likely N-dealkylation sites (tertiary alicyclic amines) is 1. The molecule has 1 fully saturated rings. The predicted octanol–water partition coefficient (Wildman–Crippen LogP) is 3.42. The van der Waals surface area contributed by atoms with Gasteiger partial charge in [-0.05, 0) is 68.3 Å². The van der Waals surface area contributed by atoms with Crippen molar-refractivity contribution in [3.05, 3.63) is 60.2 Å². The first-order valence-corrected chi connectivity index (χ1v) is 11.4. The normalized spacial score (nSPS) is 15.1. The van der Waals surface area contributed by atoms with Gasteiger partial charge in [0.2, 0.25) is 0 Å². The van der Waals surface area contributed by atoms with Gasteiger partial charge in [-0.2, -0.15) is 0 Å². The van der Waals surface area contributed by atoms with Gasteiger partial charge in [0.1, 0.15) is 0 Å². The first-order valence-electron chi connectivity index (χ1n) is 10.1. The summed E-state index contributed by atoms with van der Waals surface area (Å²) >= 11 is 1.59. The molecule has 2 amide bonds. The highest BCUT2D eigenvalue weighted by atomic mass is 32.2. The number of thioether (sulfide) groups is 1. The standard InChI is InChI=1S/C23H29N3O2S/c1-29-21-9-5-8-20(16-21)25-23(28)22(27)24-17-19-11-14-26(15-12-19)13-10-18-6-3-2-4-7-18/h2-9,16,19H,10-15,17H2,1H3,(H,24,27)(H,25,28). The molecule has 29 heavy (non-hydrogen) atoms. The Morgan fingerprint density at radius 2 is 1.79 bits per heavy atom. The predicted molar refractivity (Wildman–Crippen MR) is 119 cm³/mol. The van der Waals surface area contributed by atoms with Gasteiger partial charge in [0.05, 0.1) is 0 Å². The van der Waals surface area contributed by atoms with Crippen LogP contribution in [0.25, 0.3) is 0 Å². The average molecular weight is 412 g/mol. The molecule has 0 radical (unpaired) electrons. The smallest absolute Gasteiger partial charge is 0.313 e. The van der Waals surface area contributed by atoms with E-state index in [0.717, 1.165) is 43.8 Å². The molecule has 0 atom stereocenters. The van der Waals surface area contributed by atoms with Crippen molar-refractivity contribution < 1.29 is 9.59 Å². The number of piperidine rings is 1. The lowest BCUT2D eigenvalue weighted by atomic mass is 9.96. The Hall–Kier alpha value is -2.31. The van der Waals surface area contributed by atoms with Crippen LogP contribution in [0.5, 0.6) is 0 Å². The van der Waals surface area contributed by atoms with Gasteiger partial charge >= 0.3 is 11.8 Å². The lowest BCUT2D eigenvalue weighted by Gasteiger charge is -2.32. The minimum absolute atomic E-state index is 0.430. The summed E-state index contributed by atoms with van der Waals surface area (Å²) in [5.41, 5.74) is 2.01. The molecule has 0 bridgehead atoms. The number of anilines is 1. The van der Waals surface area contributed by atoms with E-state index in [4.69, 9.17) is 0 Å². The molecule has 6 heteroatoms. The Morgan fingerprint density at radius 1 is 1.03 bits per heavy atom. The van der Waals surface area contributed by atoms with E-state index in [1.54, 1.807) is 17.8 Å². The summed E-state index contributed by atoms with van der Waals surface area (Å²) in [6.07, 6.45) is 5.14. The Bertz CT molecular complexity index is 805. The third-order valence-corrected chi connectivity index (χ3v) is 6.08. The van der Waals surface area contributed by atoms with Gasteiger partial charge in [0.25, 0.3) is 0 Å². The van der Waals surface area contributed by atoms with Crippen molar-refractivity contribution in [2.45, 2.75) is 24.2 Å². The monoisotopic (exact) mass is 411 g/mol. The number of nitrogens with zero attached hydrogens (tertiary/aromatic N) is 1. The first-order chi connectivity index (χ1) is 14.1. The number of hydrogen-bond donors (Lipinski definition) is 2. The van der Waals surface area contributed by atoms with Gasteiger partial charge in [0.15, 0.2) is 0 Å². The zero-order chi connectivity index (χ0) is 20.5. The van der Waals surface area contributed by atoms with Gasteiger partial charge in [-0.1, -0.05) is 36.4 Å². The SMILES string of the molecule is CSc1cccc(NC(=O)C(=O)NCC2CCN(CCc3ccccc3)CC2)c1. The zero-order valence-electron chi connectivity index (χ0n) is 16.9. The number of amides is 2. The highest BCUT2D eigenvalue weighted by Crippen LogP contribution is 2.19. The highest BCUT2D eigenvalue weighted by molar-refractivity contribution is 7.98. The van der Waals surface area contributed by atoms with Crippen molar-refractivity contribution in [2.75, 3.05) is 37.8 Å². The third-order valence-electron chi connectivity index (χ3n) is 5.35. The molecule has 0 aliphatic carbocycles. The van der Waals surface area contributed by atoms with Crippen LogP contribution in [0.15, 0.2) is 59.5 Å². The topological polar surface area (TPSA) is 61.4 Å². The molecule has 0 spiro atoms. The zero-order valence-corrected chi connectivity index (χ0v) is 17.7. The summed E-state index contributed by atoms with van der Waals surface area (Å²) < 4.78 is 0. The lowest BCUT2D eigenvalue weighted by Crippen LogP contribution is -2.42. The van der Waals surface area contributed by atoms with Crippen LogP contribution in [-0.4, -0.2) is 49.1 Å². The largest absolute Gasteiger partial charge is 0.348 e. The molecule has 5 nitrogen and oxygen atoms in total. The van der Waals surface area contributed by atoms with Crippen molar-refractivity contribution in [3.8, 4) is 0 Å². The summed E-state index contributed by atoms with van der Waals surface area (Å²) in [5.74, 6) is -0.742. The van der Waals surface area contributed by atoms with Gasteiger partial charge in [-0.3, -0.25) is 9.59 Å². The lowest BCUT2D eigenvalue weighted by molar-refractivity contribution is -0.136. The highest BCUT2D eigenvalue weighted by Gasteiger charge is 2.21. The molecule has 2 N–H and O–H groups in total. The molecule has 3 rings (SSSR count). The van der Waals surface area contributed by atoms with Crippen LogP contribution in [-0.2, 0) is 16.0 Å². The van der Waals surface area contributed by atoms with Crippen LogP contribution < -0.4 is 10.6 Å². The van der Waals surface area contributed by atoms with E-state index in [1.807, 2.05) is 30.5 Å². The molecule has 1 aliphatic rings. The van der Waals surface area contributed by atoms with Crippen molar-refractivity contribution >= 4 is 29.3 Å². The van der Waals surface area contributed by atoms with Crippen molar-refractivity contribution in [2.24, 2.45) is 5.92 Å². The van der Waals surface area contributed by atoms with E-state index < -0.39 is 11.8 Å². The van der Waals surface area contributed by atoms with Gasteiger partial charge < -0.3 is 15.5 Å². The fraction of sp³-hybridized carbons (Fsp3) is 0.391. The molecule has 0 aromatic heterocycles. The number of carbonyl (C=O) groups is 2. The van der Waals surface area contributed by atoms with E-state index in [-0.39, 0.29) is 0 Å². The van der Waals surface area contributed by atoms with Gasteiger partial charge in [-0.25, -0.2) is 0 Å². The summed E-state index contributed by atoms with van der Waals surface area (Å²) in [4.78, 5) is 27.8. The van der Waals surface area contributed by atoms with E-state index in [2.05, 4.69) is 39.8 Å². The second-order valence-electron chi connectivity index (χ2n) is 7.42. The maximum atomic E-state index is 12.1. The number of benzene rings is 2. The van der Waals surface area contributed by atoms with Crippen LogP contribution in [0.1, 0.15) is 18.4 Å². The van der Waals surface area contributed by atoms with Crippen LogP contribution >= 0.6 is 11.8 Å². The fourth-order valence-corrected chi connectivity index (χ4v) is 4.01. The Kier molecular flexibility index (Phi) is 8.14. The van der Waals surface area contributed by atoms with Crippen LogP contribution in [0.3, 0.4) is 0 Å². The van der Waals surface area contributed by atoms with Crippen molar-refractivity contribution in [1.82, 2.24) is 10.2 Å². The first kappa shape index (κ1) is 21.4. The maximum absolute atomic E-state index is 12.1. The molecular weight excluding hydrogens is 382 g/mol. The second kappa shape index (κ2) is 11.0. The third kappa shape index (κ3) is 6.91. The minimum atomic E-state index is -0.608. The van der Waals surface area contributed by atoms with Gasteiger partial charge in [0, 0.05) is 23.7 Å². The number of carbonyl (C=O) groups excluding carboxylic acids is 2. The molecule has 0 saturated carbocycles.